The first-order valence-electron chi connectivity index (χ1n) is 7.03. The molecule has 24 heavy (non-hydrogen) atoms. The van der Waals surface area contributed by atoms with Crippen LogP contribution in [0.3, 0.4) is 0 Å². The van der Waals surface area contributed by atoms with E-state index in [-0.39, 0.29) is 30.9 Å². The van der Waals surface area contributed by atoms with E-state index in [2.05, 4.69) is 9.84 Å². The summed E-state index contributed by atoms with van der Waals surface area (Å²) in [5.74, 6) is -0.783. The lowest BCUT2D eigenvalue weighted by atomic mass is 10.1. The number of fused-ring (bicyclic) bond motifs is 1. The summed E-state index contributed by atoms with van der Waals surface area (Å²) in [6, 6.07) is 5.16. The van der Waals surface area contributed by atoms with Gasteiger partial charge in [-0.15, -0.1) is 13.2 Å². The van der Waals surface area contributed by atoms with Crippen LogP contribution in [0.1, 0.15) is 16.2 Å². The number of ether oxygens (including phenoxy) is 1. The molecule has 3 rings (SSSR count). The summed E-state index contributed by atoms with van der Waals surface area (Å²) in [5.41, 5.74) is -0.487. The fourth-order valence-electron chi connectivity index (χ4n) is 2.57. The van der Waals surface area contributed by atoms with Crippen LogP contribution in [0.25, 0.3) is 0 Å². The van der Waals surface area contributed by atoms with E-state index in [1.165, 1.54) is 34.7 Å². The number of halogens is 3. The summed E-state index contributed by atoms with van der Waals surface area (Å²) in [4.78, 5) is 25.7. The Labute approximate surface area is 133 Å². The van der Waals surface area contributed by atoms with Crippen molar-refractivity contribution in [3.63, 3.8) is 0 Å². The molecule has 0 N–H and O–H groups in total. The number of carbonyl (C=O) groups is 1. The normalized spacial score (nSPS) is 14.4. The van der Waals surface area contributed by atoms with Crippen molar-refractivity contribution in [2.45, 2.75) is 19.5 Å². The molecule has 10 heteroatoms. The number of alkyl halides is 3. The summed E-state index contributed by atoms with van der Waals surface area (Å²) in [5, 5.41) is 4.02. The number of carbonyl (C=O) groups excluding carboxylic acids is 1. The number of hydrogen-bond donors (Lipinski definition) is 0. The summed E-state index contributed by atoms with van der Waals surface area (Å²) in [6.07, 6.45) is -4.89. The van der Waals surface area contributed by atoms with Gasteiger partial charge < -0.3 is 9.64 Å². The van der Waals surface area contributed by atoms with Gasteiger partial charge in [-0.3, -0.25) is 9.36 Å². The summed E-state index contributed by atoms with van der Waals surface area (Å²) >= 11 is 0. The smallest absolute Gasteiger partial charge is 0.405 e. The van der Waals surface area contributed by atoms with Gasteiger partial charge in [-0.25, -0.2) is 9.48 Å². The molecule has 0 unspecified atom stereocenters. The van der Waals surface area contributed by atoms with Gasteiger partial charge in [0.2, 0.25) is 0 Å². The number of aromatic nitrogens is 3. The molecule has 0 spiro atoms. The van der Waals surface area contributed by atoms with Crippen LogP contribution < -0.4 is 10.4 Å². The number of benzene rings is 1. The minimum atomic E-state index is -4.89. The first-order valence-corrected chi connectivity index (χ1v) is 7.03. The third-order valence-corrected chi connectivity index (χ3v) is 3.64. The van der Waals surface area contributed by atoms with Gasteiger partial charge >= 0.3 is 12.1 Å². The monoisotopic (exact) mass is 342 g/mol. The van der Waals surface area contributed by atoms with Crippen LogP contribution in [0.15, 0.2) is 29.1 Å². The Morgan fingerprint density at radius 3 is 2.67 bits per heavy atom. The molecule has 1 aromatic carbocycles. The molecule has 1 aromatic heterocycles. The third-order valence-electron chi connectivity index (χ3n) is 3.64. The molecular weight excluding hydrogens is 329 g/mol. The second-order valence-electron chi connectivity index (χ2n) is 5.24. The van der Waals surface area contributed by atoms with Crippen molar-refractivity contribution >= 4 is 5.91 Å². The Hall–Kier alpha value is -2.78. The van der Waals surface area contributed by atoms with Gasteiger partial charge in [0.15, 0.2) is 5.82 Å². The fraction of sp³-hybridized carbons (Fsp3) is 0.357. The number of nitrogens with zero attached hydrogens (tertiary/aromatic N) is 4. The average Bonchev–Trinajstić information content (AvgIpc) is 2.80. The second-order valence-corrected chi connectivity index (χ2v) is 5.24. The molecule has 128 valence electrons. The lowest BCUT2D eigenvalue weighted by Gasteiger charge is -2.27. The van der Waals surface area contributed by atoms with Crippen molar-refractivity contribution in [2.75, 3.05) is 6.54 Å². The quantitative estimate of drug-likeness (QED) is 0.821. The molecule has 1 aliphatic heterocycles. The summed E-state index contributed by atoms with van der Waals surface area (Å²) in [6.45, 7) is 0.461. The Bertz CT molecular complexity index is 841. The molecule has 0 radical (unpaired) electrons. The van der Waals surface area contributed by atoms with Gasteiger partial charge in [-0.1, -0.05) is 12.1 Å². The van der Waals surface area contributed by atoms with Crippen LogP contribution in [0.5, 0.6) is 5.75 Å². The van der Waals surface area contributed by atoms with Crippen molar-refractivity contribution in [1.82, 2.24) is 19.2 Å². The van der Waals surface area contributed by atoms with Crippen molar-refractivity contribution in [3.05, 3.63) is 46.1 Å². The number of hydrogen-bond acceptors (Lipinski definition) is 4. The highest BCUT2D eigenvalue weighted by atomic mass is 19.4. The van der Waals surface area contributed by atoms with E-state index < -0.39 is 18.0 Å². The maximum absolute atomic E-state index is 12.6. The summed E-state index contributed by atoms with van der Waals surface area (Å²) in [7, 11) is 1.49. The molecule has 0 saturated carbocycles. The van der Waals surface area contributed by atoms with Gasteiger partial charge in [0.25, 0.3) is 5.91 Å². The van der Waals surface area contributed by atoms with E-state index in [9.17, 15) is 22.8 Å². The van der Waals surface area contributed by atoms with Crippen LogP contribution in [-0.4, -0.2) is 38.1 Å². The number of para-hydroxylation sites is 1. The van der Waals surface area contributed by atoms with Crippen molar-refractivity contribution in [2.24, 2.45) is 7.05 Å². The van der Waals surface area contributed by atoms with Crippen LogP contribution in [0.4, 0.5) is 13.2 Å². The third kappa shape index (κ3) is 2.99. The molecule has 0 bridgehead atoms. The van der Waals surface area contributed by atoms with Gasteiger partial charge in [0, 0.05) is 20.1 Å². The molecule has 0 saturated heterocycles. The van der Waals surface area contributed by atoms with Crippen molar-refractivity contribution < 1.29 is 22.7 Å². The minimum Gasteiger partial charge on any atom is -0.405 e. The zero-order valence-electron chi connectivity index (χ0n) is 12.6. The van der Waals surface area contributed by atoms with Crippen molar-refractivity contribution in [1.29, 1.82) is 0 Å². The second kappa shape index (κ2) is 5.69. The Balaban J connectivity index is 1.87. The topological polar surface area (TPSA) is 69.4 Å². The predicted molar refractivity (Wildman–Crippen MR) is 75.3 cm³/mol. The molecule has 2 heterocycles. The number of aryl methyl sites for hydroxylation is 1. The molecule has 0 aliphatic carbocycles. The maximum Gasteiger partial charge on any atom is 0.573 e. The fourth-order valence-corrected chi connectivity index (χ4v) is 2.57. The van der Waals surface area contributed by atoms with E-state index in [0.29, 0.717) is 5.82 Å². The molecule has 7 nitrogen and oxygen atoms in total. The van der Waals surface area contributed by atoms with E-state index in [0.717, 1.165) is 10.7 Å². The predicted octanol–water partition coefficient (Wildman–Crippen LogP) is 1.14. The number of amides is 1. The van der Waals surface area contributed by atoms with E-state index in [1.54, 1.807) is 0 Å². The zero-order valence-corrected chi connectivity index (χ0v) is 12.6. The highest BCUT2D eigenvalue weighted by Crippen LogP contribution is 2.27. The van der Waals surface area contributed by atoms with Gasteiger partial charge in [0.05, 0.1) is 12.1 Å². The van der Waals surface area contributed by atoms with Crippen LogP contribution in [-0.2, 0) is 20.1 Å². The van der Waals surface area contributed by atoms with Crippen LogP contribution >= 0.6 is 0 Å². The van der Waals surface area contributed by atoms with E-state index in [1.807, 2.05) is 0 Å². The number of rotatable bonds is 2. The lowest BCUT2D eigenvalue weighted by Crippen LogP contribution is -2.41. The average molecular weight is 342 g/mol. The largest absolute Gasteiger partial charge is 0.573 e. The maximum atomic E-state index is 12.6. The minimum absolute atomic E-state index is 0.0370. The highest BCUT2D eigenvalue weighted by Gasteiger charge is 2.34. The van der Waals surface area contributed by atoms with Crippen LogP contribution in [0.2, 0.25) is 0 Å². The van der Waals surface area contributed by atoms with Crippen molar-refractivity contribution in [3.8, 4) is 5.75 Å². The molecule has 0 atom stereocenters. The Morgan fingerprint density at radius 2 is 1.96 bits per heavy atom. The van der Waals surface area contributed by atoms with Gasteiger partial charge in [0.1, 0.15) is 5.75 Å². The Morgan fingerprint density at radius 1 is 1.25 bits per heavy atom. The van der Waals surface area contributed by atoms with Gasteiger partial charge in [-0.2, -0.15) is 5.10 Å². The molecular formula is C14H13F3N4O3. The standard InChI is InChI=1S/C14H13F3N4O3/c1-19-13(23)21-7-6-20(8-11(21)18-19)12(22)9-4-2-3-5-10(9)24-14(15,16)17/h2-5H,6-8H2,1H3. The molecule has 1 amide bonds. The van der Waals surface area contributed by atoms with E-state index >= 15 is 0 Å². The molecule has 1 aliphatic rings. The van der Waals surface area contributed by atoms with Gasteiger partial charge in [-0.05, 0) is 12.1 Å². The molecule has 2 aromatic rings. The Kier molecular flexibility index (Phi) is 3.82. The van der Waals surface area contributed by atoms with Crippen LogP contribution in [0, 0.1) is 0 Å². The highest BCUT2D eigenvalue weighted by molar-refractivity contribution is 5.97. The SMILES string of the molecule is Cn1nc2n(c1=O)CCN(C(=O)c1ccccc1OC(F)(F)F)C2. The van der Waals surface area contributed by atoms with E-state index in [4.69, 9.17) is 0 Å². The zero-order chi connectivity index (χ0) is 17.5. The first-order chi connectivity index (χ1) is 11.3. The molecule has 0 fully saturated rings. The first kappa shape index (κ1) is 16.1. The lowest BCUT2D eigenvalue weighted by molar-refractivity contribution is -0.274. The summed E-state index contributed by atoms with van der Waals surface area (Å²) < 4.78 is 43.9.